The zero-order valence-electron chi connectivity index (χ0n) is 11.4. The average Bonchev–Trinajstić information content (AvgIpc) is 3.29. The summed E-state index contributed by atoms with van der Waals surface area (Å²) >= 11 is 7.61. The summed E-state index contributed by atoms with van der Waals surface area (Å²) in [5.41, 5.74) is 0. The van der Waals surface area contributed by atoms with E-state index in [1.165, 1.54) is 50.2 Å². The third-order valence-corrected chi connectivity index (χ3v) is 5.19. The smallest absolute Gasteiger partial charge is 0.0931 e. The van der Waals surface area contributed by atoms with E-state index in [0.29, 0.717) is 0 Å². The average molecular weight is 299 g/mol. The Hall–Kier alpha value is -0.0900. The molecule has 19 heavy (non-hydrogen) atoms. The van der Waals surface area contributed by atoms with Crippen LogP contribution in [0.4, 0.5) is 0 Å². The molecule has 0 bridgehead atoms. The molecule has 0 saturated heterocycles. The van der Waals surface area contributed by atoms with Crippen LogP contribution < -0.4 is 5.32 Å². The molecule has 2 fully saturated rings. The molecule has 2 aliphatic rings. The molecule has 4 heteroatoms. The molecule has 106 valence electrons. The van der Waals surface area contributed by atoms with Gasteiger partial charge in [0, 0.05) is 37.6 Å². The summed E-state index contributed by atoms with van der Waals surface area (Å²) < 4.78 is 0.890. The van der Waals surface area contributed by atoms with E-state index in [4.69, 9.17) is 11.6 Å². The SMILES string of the molecule is Clc1ccc(CNCCN(CC2CC2)CC2CC2)s1. The van der Waals surface area contributed by atoms with Crippen molar-refractivity contribution in [2.24, 2.45) is 11.8 Å². The van der Waals surface area contributed by atoms with Gasteiger partial charge in [0.15, 0.2) is 0 Å². The molecule has 2 saturated carbocycles. The minimum absolute atomic E-state index is 0.890. The van der Waals surface area contributed by atoms with E-state index < -0.39 is 0 Å². The highest BCUT2D eigenvalue weighted by molar-refractivity contribution is 7.16. The first-order valence-corrected chi connectivity index (χ1v) is 8.66. The van der Waals surface area contributed by atoms with Gasteiger partial charge in [0.05, 0.1) is 4.34 Å². The maximum absolute atomic E-state index is 5.93. The van der Waals surface area contributed by atoms with Crippen LogP contribution in [0, 0.1) is 11.8 Å². The fourth-order valence-electron chi connectivity index (χ4n) is 2.48. The summed E-state index contributed by atoms with van der Waals surface area (Å²) in [7, 11) is 0. The van der Waals surface area contributed by atoms with Crippen LogP contribution in [0.3, 0.4) is 0 Å². The summed E-state index contributed by atoms with van der Waals surface area (Å²) in [4.78, 5) is 4.02. The zero-order valence-corrected chi connectivity index (χ0v) is 13.0. The highest BCUT2D eigenvalue weighted by Crippen LogP contribution is 2.33. The molecule has 0 atom stereocenters. The van der Waals surface area contributed by atoms with Crippen molar-refractivity contribution in [1.29, 1.82) is 0 Å². The third-order valence-electron chi connectivity index (χ3n) is 3.96. The first-order valence-electron chi connectivity index (χ1n) is 7.47. The lowest BCUT2D eigenvalue weighted by molar-refractivity contribution is 0.252. The molecular weight excluding hydrogens is 276 g/mol. The van der Waals surface area contributed by atoms with Crippen LogP contribution in [-0.2, 0) is 6.54 Å². The predicted molar refractivity (Wildman–Crippen MR) is 82.9 cm³/mol. The van der Waals surface area contributed by atoms with E-state index >= 15 is 0 Å². The standard InChI is InChI=1S/C15H23ClN2S/c16-15-6-5-14(19-15)9-17-7-8-18(10-12-1-2-12)11-13-3-4-13/h5-6,12-13,17H,1-4,7-11H2. The van der Waals surface area contributed by atoms with Crippen LogP contribution in [0.25, 0.3) is 0 Å². The van der Waals surface area contributed by atoms with Crippen molar-refractivity contribution in [2.75, 3.05) is 26.2 Å². The van der Waals surface area contributed by atoms with Crippen molar-refractivity contribution < 1.29 is 0 Å². The quantitative estimate of drug-likeness (QED) is 0.701. The Balaban J connectivity index is 1.33. The molecule has 1 aromatic heterocycles. The van der Waals surface area contributed by atoms with Gasteiger partial charge in [-0.1, -0.05) is 11.6 Å². The number of nitrogens with zero attached hydrogens (tertiary/aromatic N) is 1. The molecule has 1 aromatic rings. The number of nitrogens with one attached hydrogen (secondary N) is 1. The lowest BCUT2D eigenvalue weighted by atomic mass is 10.3. The van der Waals surface area contributed by atoms with Gasteiger partial charge < -0.3 is 10.2 Å². The monoisotopic (exact) mass is 298 g/mol. The largest absolute Gasteiger partial charge is 0.311 e. The molecular formula is C15H23ClN2S. The summed E-state index contributed by atoms with van der Waals surface area (Å²) in [5, 5.41) is 3.54. The third kappa shape index (κ3) is 5.07. The van der Waals surface area contributed by atoms with Gasteiger partial charge in [-0.2, -0.15) is 0 Å². The Morgan fingerprint density at radius 2 is 1.84 bits per heavy atom. The molecule has 2 aliphatic carbocycles. The first-order chi connectivity index (χ1) is 9.29. The Kier molecular flexibility index (Phi) is 4.80. The minimum atomic E-state index is 0.890. The van der Waals surface area contributed by atoms with Crippen LogP contribution in [-0.4, -0.2) is 31.1 Å². The number of rotatable bonds is 9. The molecule has 0 amide bonds. The van der Waals surface area contributed by atoms with Crippen LogP contribution in [0.1, 0.15) is 30.6 Å². The molecule has 3 rings (SSSR count). The van der Waals surface area contributed by atoms with Crippen molar-refractivity contribution in [1.82, 2.24) is 10.2 Å². The fraction of sp³-hybridized carbons (Fsp3) is 0.733. The molecule has 0 unspecified atom stereocenters. The predicted octanol–water partition coefficient (Wildman–Crippen LogP) is 3.61. The van der Waals surface area contributed by atoms with Gasteiger partial charge in [-0.15, -0.1) is 11.3 Å². The van der Waals surface area contributed by atoms with Gasteiger partial charge in [-0.25, -0.2) is 0 Å². The normalized spacial score (nSPS) is 19.3. The van der Waals surface area contributed by atoms with Gasteiger partial charge in [0.1, 0.15) is 0 Å². The van der Waals surface area contributed by atoms with Crippen molar-refractivity contribution in [2.45, 2.75) is 32.2 Å². The van der Waals surface area contributed by atoms with Crippen LogP contribution >= 0.6 is 22.9 Å². The first kappa shape index (κ1) is 13.9. The summed E-state index contributed by atoms with van der Waals surface area (Å²) in [6.45, 7) is 5.92. The van der Waals surface area contributed by atoms with Crippen LogP contribution in [0.15, 0.2) is 12.1 Å². The van der Waals surface area contributed by atoms with E-state index in [2.05, 4.69) is 16.3 Å². The maximum Gasteiger partial charge on any atom is 0.0931 e. The molecule has 0 spiro atoms. The number of thiophene rings is 1. The molecule has 1 N–H and O–H groups in total. The van der Waals surface area contributed by atoms with E-state index in [1.54, 1.807) is 11.3 Å². The lowest BCUT2D eigenvalue weighted by Gasteiger charge is -2.22. The zero-order chi connectivity index (χ0) is 13.1. The van der Waals surface area contributed by atoms with E-state index in [0.717, 1.165) is 29.3 Å². The fourth-order valence-corrected chi connectivity index (χ4v) is 3.54. The van der Waals surface area contributed by atoms with Crippen LogP contribution in [0.5, 0.6) is 0 Å². The molecule has 1 heterocycles. The summed E-state index contributed by atoms with van der Waals surface area (Å²) in [6.07, 6.45) is 5.84. The second kappa shape index (κ2) is 6.57. The van der Waals surface area contributed by atoms with E-state index in [1.807, 2.05) is 6.07 Å². The van der Waals surface area contributed by atoms with E-state index in [9.17, 15) is 0 Å². The maximum atomic E-state index is 5.93. The van der Waals surface area contributed by atoms with Gasteiger partial charge in [-0.05, 0) is 49.7 Å². The summed E-state index contributed by atoms with van der Waals surface area (Å²) in [5.74, 6) is 2.02. The van der Waals surface area contributed by atoms with E-state index in [-0.39, 0.29) is 0 Å². The Morgan fingerprint density at radius 1 is 1.16 bits per heavy atom. The van der Waals surface area contributed by atoms with Crippen molar-refractivity contribution in [3.05, 3.63) is 21.3 Å². The molecule has 0 aliphatic heterocycles. The molecule has 0 radical (unpaired) electrons. The topological polar surface area (TPSA) is 15.3 Å². The van der Waals surface area contributed by atoms with Gasteiger partial charge in [0.25, 0.3) is 0 Å². The van der Waals surface area contributed by atoms with Gasteiger partial charge >= 0.3 is 0 Å². The second-order valence-corrected chi connectivity index (χ2v) is 7.83. The van der Waals surface area contributed by atoms with Crippen LogP contribution in [0.2, 0.25) is 4.34 Å². The highest BCUT2D eigenvalue weighted by Gasteiger charge is 2.28. The molecule has 0 aromatic carbocycles. The highest BCUT2D eigenvalue weighted by atomic mass is 35.5. The number of hydrogen-bond donors (Lipinski definition) is 1. The lowest BCUT2D eigenvalue weighted by Crippen LogP contribution is -2.34. The number of hydrogen-bond acceptors (Lipinski definition) is 3. The minimum Gasteiger partial charge on any atom is -0.311 e. The number of halogens is 1. The van der Waals surface area contributed by atoms with Crippen molar-refractivity contribution in [3.8, 4) is 0 Å². The molecule has 2 nitrogen and oxygen atoms in total. The Morgan fingerprint density at radius 3 is 2.37 bits per heavy atom. The Labute approximate surface area is 125 Å². The summed E-state index contributed by atoms with van der Waals surface area (Å²) in [6, 6.07) is 4.10. The van der Waals surface area contributed by atoms with Crippen molar-refractivity contribution >= 4 is 22.9 Å². The van der Waals surface area contributed by atoms with Gasteiger partial charge in [0.2, 0.25) is 0 Å². The Bertz CT molecular complexity index is 385. The second-order valence-electron chi connectivity index (χ2n) is 6.03. The van der Waals surface area contributed by atoms with Gasteiger partial charge in [-0.3, -0.25) is 0 Å². The van der Waals surface area contributed by atoms with Crippen molar-refractivity contribution in [3.63, 3.8) is 0 Å².